The highest BCUT2D eigenvalue weighted by Crippen LogP contribution is 2.36. The van der Waals surface area contributed by atoms with E-state index in [1.165, 1.54) is 37.7 Å². The van der Waals surface area contributed by atoms with Crippen molar-refractivity contribution >= 4 is 0 Å². The zero-order valence-corrected chi connectivity index (χ0v) is 13.7. The molecule has 0 radical (unpaired) electrons. The zero-order chi connectivity index (χ0) is 15.2. The lowest BCUT2D eigenvalue weighted by Crippen LogP contribution is -2.47. The first kappa shape index (κ1) is 16.3. The molecule has 3 unspecified atom stereocenters. The Hall–Kier alpha value is -1.06. The van der Waals surface area contributed by atoms with Gasteiger partial charge in [-0.05, 0) is 38.8 Å². The van der Waals surface area contributed by atoms with Crippen LogP contribution in [0.3, 0.4) is 0 Å². The Kier molecular flexibility index (Phi) is 6.07. The van der Waals surface area contributed by atoms with E-state index in [0.29, 0.717) is 6.04 Å². The van der Waals surface area contributed by atoms with Crippen molar-refractivity contribution in [1.29, 1.82) is 0 Å². The van der Waals surface area contributed by atoms with Gasteiger partial charge in [-0.25, -0.2) is 0 Å². The highest BCUT2D eigenvalue weighted by molar-refractivity contribution is 5.37. The van der Waals surface area contributed by atoms with Gasteiger partial charge in [0, 0.05) is 17.6 Å². The van der Waals surface area contributed by atoms with Gasteiger partial charge in [-0.15, -0.1) is 0 Å². The second-order valence-corrected chi connectivity index (χ2v) is 6.22. The molecule has 1 saturated heterocycles. The molecule has 21 heavy (non-hydrogen) atoms. The van der Waals surface area contributed by atoms with E-state index in [1.807, 2.05) is 12.1 Å². The van der Waals surface area contributed by atoms with Crippen molar-refractivity contribution in [3.8, 4) is 5.75 Å². The summed E-state index contributed by atoms with van der Waals surface area (Å²) < 4.78 is 5.58. The summed E-state index contributed by atoms with van der Waals surface area (Å²) in [6, 6.07) is 9.33. The molecular weight excluding hydrogens is 260 g/mol. The molecule has 0 saturated carbocycles. The number of ether oxygens (including phenoxy) is 1. The van der Waals surface area contributed by atoms with Gasteiger partial charge in [0.25, 0.3) is 0 Å². The maximum atomic E-state index is 6.38. The van der Waals surface area contributed by atoms with E-state index in [4.69, 9.17) is 10.5 Å². The van der Waals surface area contributed by atoms with E-state index in [2.05, 4.69) is 30.9 Å². The van der Waals surface area contributed by atoms with Crippen molar-refractivity contribution in [2.24, 2.45) is 5.73 Å². The molecule has 0 spiro atoms. The number of nitrogens with zero attached hydrogens (tertiary/aromatic N) is 1. The number of hydrogen-bond donors (Lipinski definition) is 1. The highest BCUT2D eigenvalue weighted by atomic mass is 16.5. The first-order valence-corrected chi connectivity index (χ1v) is 8.33. The van der Waals surface area contributed by atoms with Gasteiger partial charge in [0.2, 0.25) is 0 Å². The van der Waals surface area contributed by atoms with Crippen molar-refractivity contribution < 1.29 is 4.74 Å². The number of methoxy groups -OCH3 is 1. The summed E-state index contributed by atoms with van der Waals surface area (Å²) in [4.78, 5) is 2.63. The minimum atomic E-state index is 0.0961. The maximum Gasteiger partial charge on any atom is 0.123 e. The zero-order valence-electron chi connectivity index (χ0n) is 13.7. The molecule has 0 bridgehead atoms. The second-order valence-electron chi connectivity index (χ2n) is 6.22. The number of hydrogen-bond acceptors (Lipinski definition) is 3. The van der Waals surface area contributed by atoms with Crippen molar-refractivity contribution in [3.05, 3.63) is 29.8 Å². The molecule has 1 fully saturated rings. The van der Waals surface area contributed by atoms with Gasteiger partial charge in [0.05, 0.1) is 13.2 Å². The third-order valence-corrected chi connectivity index (χ3v) is 4.61. The van der Waals surface area contributed by atoms with Crippen molar-refractivity contribution in [2.45, 2.75) is 64.1 Å². The molecule has 2 rings (SSSR count). The predicted octanol–water partition coefficient (Wildman–Crippen LogP) is 3.74. The lowest BCUT2D eigenvalue weighted by Gasteiger charge is -2.43. The van der Waals surface area contributed by atoms with Crippen LogP contribution in [0.25, 0.3) is 0 Å². The van der Waals surface area contributed by atoms with Crippen LogP contribution >= 0.6 is 0 Å². The second kappa shape index (κ2) is 7.81. The van der Waals surface area contributed by atoms with Crippen LogP contribution in [0.15, 0.2) is 24.3 Å². The molecule has 3 atom stereocenters. The number of benzene rings is 1. The molecule has 0 aliphatic carbocycles. The van der Waals surface area contributed by atoms with Crippen LogP contribution in [-0.4, -0.2) is 30.6 Å². The summed E-state index contributed by atoms with van der Waals surface area (Å²) in [6.07, 6.45) is 6.42. The number of nitrogens with two attached hydrogens (primary N) is 1. The molecule has 3 nitrogen and oxygen atoms in total. The topological polar surface area (TPSA) is 38.5 Å². The van der Waals surface area contributed by atoms with Crippen LogP contribution in [-0.2, 0) is 0 Å². The first-order chi connectivity index (χ1) is 10.2. The lowest BCUT2D eigenvalue weighted by molar-refractivity contribution is 0.0750. The highest BCUT2D eigenvalue weighted by Gasteiger charge is 2.32. The smallest absolute Gasteiger partial charge is 0.123 e. The van der Waals surface area contributed by atoms with Crippen molar-refractivity contribution in [2.75, 3.05) is 13.7 Å². The van der Waals surface area contributed by atoms with Crippen molar-refractivity contribution in [1.82, 2.24) is 4.90 Å². The summed E-state index contributed by atoms with van der Waals surface area (Å²) in [6.45, 7) is 5.54. The molecule has 0 aromatic heterocycles. The van der Waals surface area contributed by atoms with Gasteiger partial charge in [-0.1, -0.05) is 38.0 Å². The minimum absolute atomic E-state index is 0.0961. The monoisotopic (exact) mass is 290 g/mol. The molecule has 1 heterocycles. The Bertz CT molecular complexity index is 431. The molecule has 2 N–H and O–H groups in total. The molecule has 118 valence electrons. The summed E-state index contributed by atoms with van der Waals surface area (Å²) >= 11 is 0. The van der Waals surface area contributed by atoms with Gasteiger partial charge in [-0.3, -0.25) is 4.90 Å². The van der Waals surface area contributed by atoms with Gasteiger partial charge < -0.3 is 10.5 Å². The summed E-state index contributed by atoms with van der Waals surface area (Å²) in [7, 11) is 1.75. The average Bonchev–Trinajstić information content (AvgIpc) is 2.50. The Labute approximate surface area is 129 Å². The number of piperidine rings is 1. The van der Waals surface area contributed by atoms with E-state index < -0.39 is 0 Å². The number of likely N-dealkylation sites (tertiary alicyclic amines) is 1. The predicted molar refractivity (Wildman–Crippen MR) is 88.6 cm³/mol. The van der Waals surface area contributed by atoms with Crippen molar-refractivity contribution in [3.63, 3.8) is 0 Å². The number of para-hydroxylation sites is 1. The largest absolute Gasteiger partial charge is 0.496 e. The van der Waals surface area contributed by atoms with Crippen LogP contribution in [0.4, 0.5) is 0 Å². The third kappa shape index (κ3) is 3.78. The van der Waals surface area contributed by atoms with Gasteiger partial charge in [0.15, 0.2) is 0 Å². The van der Waals surface area contributed by atoms with E-state index in [1.54, 1.807) is 7.11 Å². The molecule has 3 heteroatoms. The van der Waals surface area contributed by atoms with E-state index in [0.717, 1.165) is 12.3 Å². The summed E-state index contributed by atoms with van der Waals surface area (Å²) in [5.41, 5.74) is 7.62. The fraction of sp³-hybridized carbons (Fsp3) is 0.667. The lowest BCUT2D eigenvalue weighted by atomic mass is 9.90. The Morgan fingerprint density at radius 3 is 2.76 bits per heavy atom. The normalized spacial score (nSPS) is 22.8. The summed E-state index contributed by atoms with van der Waals surface area (Å²) in [5.74, 6) is 0.959. The van der Waals surface area contributed by atoms with Crippen LogP contribution in [0.5, 0.6) is 5.75 Å². The van der Waals surface area contributed by atoms with Gasteiger partial charge in [0.1, 0.15) is 5.75 Å². The summed E-state index contributed by atoms with van der Waals surface area (Å²) in [5, 5.41) is 0. The Morgan fingerprint density at radius 1 is 1.33 bits per heavy atom. The SMILES string of the molecule is CCCC1CCCCN1C(c1ccccc1OC)C(C)N. The third-order valence-electron chi connectivity index (χ3n) is 4.61. The van der Waals surface area contributed by atoms with E-state index >= 15 is 0 Å². The fourth-order valence-electron chi connectivity index (χ4n) is 3.71. The molecule has 1 aromatic rings. The molecule has 1 aliphatic rings. The van der Waals surface area contributed by atoms with Gasteiger partial charge in [-0.2, -0.15) is 0 Å². The standard InChI is InChI=1S/C18H30N2O/c1-4-9-15-10-7-8-13-20(15)18(14(2)19)16-11-5-6-12-17(16)21-3/h5-6,11-12,14-15,18H,4,7-10,13,19H2,1-3H3. The quantitative estimate of drug-likeness (QED) is 0.867. The Morgan fingerprint density at radius 2 is 2.10 bits per heavy atom. The van der Waals surface area contributed by atoms with Crippen LogP contribution in [0.2, 0.25) is 0 Å². The minimum Gasteiger partial charge on any atom is -0.496 e. The average molecular weight is 290 g/mol. The number of rotatable bonds is 6. The van der Waals surface area contributed by atoms with Gasteiger partial charge >= 0.3 is 0 Å². The maximum absolute atomic E-state index is 6.38. The molecular formula is C18H30N2O. The first-order valence-electron chi connectivity index (χ1n) is 8.33. The van der Waals surface area contributed by atoms with Crippen LogP contribution in [0, 0.1) is 0 Å². The molecule has 0 amide bonds. The fourth-order valence-corrected chi connectivity index (χ4v) is 3.71. The molecule has 1 aliphatic heterocycles. The molecule has 1 aromatic carbocycles. The Balaban J connectivity index is 2.32. The van der Waals surface area contributed by atoms with E-state index in [-0.39, 0.29) is 12.1 Å². The van der Waals surface area contributed by atoms with Crippen LogP contribution in [0.1, 0.15) is 57.6 Å². The van der Waals surface area contributed by atoms with E-state index in [9.17, 15) is 0 Å². The van der Waals surface area contributed by atoms with Crippen LogP contribution < -0.4 is 10.5 Å².